The highest BCUT2D eigenvalue weighted by atomic mass is 19.1. The number of halogens is 1. The fourth-order valence-corrected chi connectivity index (χ4v) is 4.92. The molecule has 0 aliphatic carbocycles. The molecule has 0 spiro atoms. The number of carbonyl (C=O) groups excluding carboxylic acids is 1. The molecule has 0 bridgehead atoms. The minimum atomic E-state index is -0.341. The second-order valence-electron chi connectivity index (χ2n) is 9.09. The first kappa shape index (κ1) is 22.5. The zero-order valence-electron chi connectivity index (χ0n) is 18.8. The molecule has 1 N–H and O–H groups in total. The first-order valence-electron chi connectivity index (χ1n) is 11.5. The van der Waals surface area contributed by atoms with Crippen LogP contribution >= 0.6 is 0 Å². The summed E-state index contributed by atoms with van der Waals surface area (Å²) in [6, 6.07) is 14.3. The first-order chi connectivity index (χ1) is 15.5. The van der Waals surface area contributed by atoms with Gasteiger partial charge in [-0.1, -0.05) is 37.8 Å². The van der Waals surface area contributed by atoms with Gasteiger partial charge in [0.05, 0.1) is 6.61 Å². The van der Waals surface area contributed by atoms with Crippen LogP contribution in [0.25, 0.3) is 0 Å². The molecule has 0 unspecified atom stereocenters. The van der Waals surface area contributed by atoms with Gasteiger partial charge in [0, 0.05) is 48.1 Å². The largest absolute Gasteiger partial charge is 0.395 e. The predicted molar refractivity (Wildman–Crippen MR) is 124 cm³/mol. The maximum Gasteiger partial charge on any atom is 0.253 e. The minimum absolute atomic E-state index is 0.0580. The van der Waals surface area contributed by atoms with Crippen molar-refractivity contribution in [2.45, 2.75) is 44.7 Å². The highest BCUT2D eigenvalue weighted by Crippen LogP contribution is 2.42. The molecule has 32 heavy (non-hydrogen) atoms. The van der Waals surface area contributed by atoms with Gasteiger partial charge in [-0.25, -0.2) is 4.39 Å². The number of aliphatic hydroxyl groups excluding tert-OH is 1. The van der Waals surface area contributed by atoms with E-state index in [9.17, 15) is 14.3 Å². The molecule has 5 heteroatoms. The van der Waals surface area contributed by atoms with Gasteiger partial charge in [0.25, 0.3) is 5.91 Å². The van der Waals surface area contributed by atoms with E-state index < -0.39 is 0 Å². The van der Waals surface area contributed by atoms with Gasteiger partial charge in [0.1, 0.15) is 5.82 Å². The molecule has 2 aromatic carbocycles. The monoisotopic (exact) mass is 434 g/mol. The third kappa shape index (κ3) is 4.72. The summed E-state index contributed by atoms with van der Waals surface area (Å²) in [6.45, 7) is 6.48. The summed E-state index contributed by atoms with van der Waals surface area (Å²) < 4.78 is 13.3. The molecular formula is C27H31FN2O2. The quantitative estimate of drug-likeness (QED) is 0.746. The zero-order valence-corrected chi connectivity index (χ0v) is 18.8. The summed E-state index contributed by atoms with van der Waals surface area (Å²) in [5.41, 5.74) is 2.68. The molecule has 2 aromatic rings. The van der Waals surface area contributed by atoms with Crippen LogP contribution in [-0.4, -0.2) is 59.1 Å². The molecule has 0 aromatic heterocycles. The van der Waals surface area contributed by atoms with Gasteiger partial charge < -0.3 is 10.0 Å². The Morgan fingerprint density at radius 1 is 1.09 bits per heavy atom. The first-order valence-corrected chi connectivity index (χ1v) is 11.5. The lowest BCUT2D eigenvalue weighted by Crippen LogP contribution is -2.67. The van der Waals surface area contributed by atoms with E-state index >= 15 is 0 Å². The summed E-state index contributed by atoms with van der Waals surface area (Å²) >= 11 is 0. The fraction of sp³-hybridized carbons (Fsp3) is 0.444. The molecule has 0 saturated carbocycles. The molecule has 2 saturated heterocycles. The molecule has 2 aliphatic rings. The van der Waals surface area contributed by atoms with Crippen LogP contribution in [-0.2, 0) is 0 Å². The third-order valence-electron chi connectivity index (χ3n) is 6.55. The lowest BCUT2D eigenvalue weighted by molar-refractivity contribution is -0.0606. The Kier molecular flexibility index (Phi) is 6.93. The van der Waals surface area contributed by atoms with E-state index in [1.807, 2.05) is 17.0 Å². The number of benzene rings is 2. The molecule has 2 aliphatic heterocycles. The average molecular weight is 435 g/mol. The van der Waals surface area contributed by atoms with Crippen LogP contribution in [0.15, 0.2) is 48.5 Å². The molecule has 168 valence electrons. The van der Waals surface area contributed by atoms with Crippen molar-refractivity contribution in [2.75, 3.05) is 26.2 Å². The number of fused-ring (bicyclic) bond motifs is 1. The van der Waals surface area contributed by atoms with Crippen LogP contribution < -0.4 is 0 Å². The molecule has 1 amide bonds. The van der Waals surface area contributed by atoms with E-state index in [1.54, 1.807) is 12.1 Å². The molecular weight excluding hydrogens is 403 g/mol. The molecule has 4 nitrogen and oxygen atoms in total. The second-order valence-corrected chi connectivity index (χ2v) is 9.09. The number of hydrogen-bond acceptors (Lipinski definition) is 3. The number of carbonyl (C=O) groups is 1. The molecule has 2 heterocycles. The highest BCUT2D eigenvalue weighted by molar-refractivity contribution is 5.94. The van der Waals surface area contributed by atoms with Gasteiger partial charge in [-0.15, -0.1) is 0 Å². The number of hydrogen-bond donors (Lipinski definition) is 1. The summed E-state index contributed by atoms with van der Waals surface area (Å²) in [5.74, 6) is 6.48. The average Bonchev–Trinajstić information content (AvgIpc) is 2.77. The van der Waals surface area contributed by atoms with Gasteiger partial charge in [0.2, 0.25) is 0 Å². The predicted octanol–water partition coefficient (Wildman–Crippen LogP) is 3.90. The van der Waals surface area contributed by atoms with Crippen LogP contribution in [0, 0.1) is 23.6 Å². The zero-order chi connectivity index (χ0) is 22.7. The third-order valence-corrected chi connectivity index (χ3v) is 6.55. The Morgan fingerprint density at radius 2 is 1.78 bits per heavy atom. The van der Waals surface area contributed by atoms with Crippen molar-refractivity contribution in [3.05, 3.63) is 71.0 Å². The van der Waals surface area contributed by atoms with Crippen LogP contribution in [0.4, 0.5) is 4.39 Å². The Bertz CT molecular complexity index is 991. The van der Waals surface area contributed by atoms with Gasteiger partial charge in [-0.05, 0) is 61.3 Å². The number of rotatable bonds is 3. The van der Waals surface area contributed by atoms with Crippen LogP contribution in [0.2, 0.25) is 0 Å². The van der Waals surface area contributed by atoms with Crippen molar-refractivity contribution in [3.63, 3.8) is 0 Å². The number of aliphatic hydroxyl groups is 1. The van der Waals surface area contributed by atoms with E-state index in [1.165, 1.54) is 17.7 Å². The van der Waals surface area contributed by atoms with Crippen molar-refractivity contribution in [1.29, 1.82) is 0 Å². The van der Waals surface area contributed by atoms with Crippen molar-refractivity contribution in [1.82, 2.24) is 9.80 Å². The molecule has 4 rings (SSSR count). The summed E-state index contributed by atoms with van der Waals surface area (Å²) in [6.07, 6.45) is 1.90. The number of amides is 1. The van der Waals surface area contributed by atoms with Gasteiger partial charge >= 0.3 is 0 Å². The van der Waals surface area contributed by atoms with Gasteiger partial charge in [-0.2, -0.15) is 0 Å². The SMILES string of the molecule is CC(C)C#Cc1ccc([C@@H]2[C@@H](CO)N3CCCCN(C(=O)c4ccc(F)cc4)C[C@@H]23)cc1. The number of nitrogens with zero attached hydrogens (tertiary/aromatic N) is 2. The molecule has 3 atom stereocenters. The lowest BCUT2D eigenvalue weighted by Gasteiger charge is -2.57. The molecule has 2 fully saturated rings. The molecule has 0 radical (unpaired) electrons. The standard InChI is InChI=1S/C27H31FN2O2/c1-19(2)5-6-20-7-9-21(10-8-20)26-24-17-29(15-3-4-16-30(24)25(26)18-31)27(32)22-11-13-23(28)14-12-22/h7-14,19,24-26,31H,3-4,15-18H2,1-2H3/t24-,25+,26-/m0/s1. The maximum absolute atomic E-state index is 13.3. The summed E-state index contributed by atoms with van der Waals surface area (Å²) in [7, 11) is 0. The van der Waals surface area contributed by atoms with E-state index in [2.05, 4.69) is 42.7 Å². The Balaban J connectivity index is 1.55. The normalized spacial score (nSPS) is 23.4. The van der Waals surface area contributed by atoms with Crippen molar-refractivity contribution in [3.8, 4) is 11.8 Å². The van der Waals surface area contributed by atoms with Gasteiger partial charge in [-0.3, -0.25) is 9.69 Å². The van der Waals surface area contributed by atoms with Crippen LogP contribution in [0.5, 0.6) is 0 Å². The van der Waals surface area contributed by atoms with E-state index in [0.717, 1.165) is 24.9 Å². The van der Waals surface area contributed by atoms with Crippen molar-refractivity contribution >= 4 is 5.91 Å². The van der Waals surface area contributed by atoms with Crippen molar-refractivity contribution in [2.24, 2.45) is 5.92 Å². The van der Waals surface area contributed by atoms with E-state index in [-0.39, 0.29) is 36.3 Å². The summed E-state index contributed by atoms with van der Waals surface area (Å²) in [4.78, 5) is 17.4. The summed E-state index contributed by atoms with van der Waals surface area (Å²) in [5, 5.41) is 10.1. The Hall–Kier alpha value is -2.68. The van der Waals surface area contributed by atoms with Crippen molar-refractivity contribution < 1.29 is 14.3 Å². The Labute approximate surface area is 190 Å². The van der Waals surface area contributed by atoms with Crippen LogP contribution in [0.3, 0.4) is 0 Å². The Morgan fingerprint density at radius 3 is 2.44 bits per heavy atom. The topological polar surface area (TPSA) is 43.8 Å². The van der Waals surface area contributed by atoms with E-state index in [4.69, 9.17) is 0 Å². The minimum Gasteiger partial charge on any atom is -0.395 e. The van der Waals surface area contributed by atoms with Gasteiger partial charge in [0.15, 0.2) is 0 Å². The van der Waals surface area contributed by atoms with E-state index in [0.29, 0.717) is 24.6 Å². The lowest BCUT2D eigenvalue weighted by atomic mass is 9.74. The van der Waals surface area contributed by atoms with Crippen LogP contribution in [0.1, 0.15) is 54.1 Å². The smallest absolute Gasteiger partial charge is 0.253 e. The second kappa shape index (κ2) is 9.85. The highest BCUT2D eigenvalue weighted by Gasteiger charge is 2.49. The fourth-order valence-electron chi connectivity index (χ4n) is 4.92. The maximum atomic E-state index is 13.3.